The smallest absolute Gasteiger partial charge is 0.612 e. The molecular formula is C8H16NNaO2. The molecule has 0 aromatic carbocycles. The van der Waals surface area contributed by atoms with Crippen molar-refractivity contribution in [1.29, 1.82) is 0 Å². The van der Waals surface area contributed by atoms with Gasteiger partial charge in [-0.15, -0.1) is 0 Å². The van der Waals surface area contributed by atoms with E-state index in [0.717, 1.165) is 12.8 Å². The molecule has 0 aliphatic heterocycles. The molecule has 0 atom stereocenters. The van der Waals surface area contributed by atoms with Gasteiger partial charge in [-0.05, 0) is 6.42 Å². The van der Waals surface area contributed by atoms with E-state index in [0.29, 0.717) is 12.1 Å². The molecule has 0 heterocycles. The normalized spacial score (nSPS) is 8.83. The van der Waals surface area contributed by atoms with E-state index in [1.54, 1.807) is 6.92 Å². The molecule has 0 aliphatic rings. The van der Waals surface area contributed by atoms with Gasteiger partial charge in [-0.25, -0.2) is 0 Å². The van der Waals surface area contributed by atoms with Gasteiger partial charge in [0.25, 0.3) is 0 Å². The number of hydrogen-bond donors (Lipinski definition) is 0. The maximum atomic E-state index is 10.1. The van der Waals surface area contributed by atoms with E-state index >= 15 is 0 Å². The molecule has 0 unspecified atom stereocenters. The molecule has 0 aromatic heterocycles. The zero-order valence-corrected chi connectivity index (χ0v) is 10.3. The van der Waals surface area contributed by atoms with Crippen molar-refractivity contribution in [3.63, 3.8) is 0 Å². The van der Waals surface area contributed by atoms with E-state index in [1.807, 2.05) is 0 Å². The van der Waals surface area contributed by atoms with Crippen molar-refractivity contribution < 1.29 is 34.5 Å². The van der Waals surface area contributed by atoms with Crippen LogP contribution in [-0.2, 0) is 0 Å². The molecule has 66 valence electrons. The minimum Gasteiger partial charge on any atom is -0.612 e. The molecule has 0 aliphatic carbocycles. The summed E-state index contributed by atoms with van der Waals surface area (Å²) in [6.45, 7) is 3.72. The van der Waals surface area contributed by atoms with Gasteiger partial charge in [-0.2, -0.15) is 4.90 Å². The third-order valence-electron chi connectivity index (χ3n) is 1.70. The molecule has 0 aromatic rings. The van der Waals surface area contributed by atoms with Gasteiger partial charge in [-0.3, -0.25) is 0 Å². The number of hydrogen-bond acceptors (Lipinski definition) is 2. The van der Waals surface area contributed by atoms with Crippen molar-refractivity contribution >= 4 is 5.71 Å². The Morgan fingerprint density at radius 1 is 1.17 bits per heavy atom. The Morgan fingerprint density at radius 3 is 2.17 bits per heavy atom. The zero-order chi connectivity index (χ0) is 8.69. The largest absolute Gasteiger partial charge is 1.00 e. The fourth-order valence-electron chi connectivity index (χ4n) is 0.899. The summed E-state index contributed by atoms with van der Waals surface area (Å²) in [5, 5.41) is 20.3. The number of unbranched alkanes of at least 4 members (excludes halogenated alkanes) is 3. The third-order valence-corrected chi connectivity index (χ3v) is 1.70. The van der Waals surface area contributed by atoms with Crippen LogP contribution in [0.1, 0.15) is 46.0 Å². The SMILES string of the molecule is CCCCCCC(C)=[N+]([O-])[O-].[Na+]. The Kier molecular flexibility index (Phi) is 11.5. The molecule has 0 spiro atoms. The Hall–Kier alpha value is 0.270. The summed E-state index contributed by atoms with van der Waals surface area (Å²) in [6.07, 6.45) is 5.08. The van der Waals surface area contributed by atoms with Crippen molar-refractivity contribution in [2.75, 3.05) is 0 Å². The van der Waals surface area contributed by atoms with Crippen molar-refractivity contribution in [2.24, 2.45) is 0 Å². The van der Waals surface area contributed by atoms with E-state index < -0.39 is 0 Å². The monoisotopic (exact) mass is 181 g/mol. The second-order valence-electron chi connectivity index (χ2n) is 2.80. The van der Waals surface area contributed by atoms with Crippen molar-refractivity contribution in [2.45, 2.75) is 46.0 Å². The second-order valence-corrected chi connectivity index (χ2v) is 2.80. The van der Waals surface area contributed by atoms with Gasteiger partial charge in [0.15, 0.2) is 5.71 Å². The van der Waals surface area contributed by atoms with Gasteiger partial charge in [0.05, 0.1) is 0 Å². The molecule has 0 amide bonds. The van der Waals surface area contributed by atoms with Crippen molar-refractivity contribution in [3.05, 3.63) is 10.4 Å². The first-order chi connectivity index (χ1) is 5.18. The van der Waals surface area contributed by atoms with Gasteiger partial charge < -0.3 is 10.4 Å². The molecule has 0 radical (unpaired) electrons. The zero-order valence-electron chi connectivity index (χ0n) is 8.30. The number of nitrogens with zero attached hydrogens (tertiary/aromatic N) is 1. The third kappa shape index (κ3) is 8.37. The summed E-state index contributed by atoms with van der Waals surface area (Å²) in [4.78, 5) is -0.286. The van der Waals surface area contributed by atoms with Crippen LogP contribution in [0.15, 0.2) is 0 Å². The summed E-state index contributed by atoms with van der Waals surface area (Å²) in [5.74, 6) is 0. The maximum Gasteiger partial charge on any atom is 1.00 e. The average Bonchev–Trinajstić information content (AvgIpc) is 1.97. The van der Waals surface area contributed by atoms with Gasteiger partial charge in [-0.1, -0.05) is 26.2 Å². The van der Waals surface area contributed by atoms with Crippen LogP contribution in [0.5, 0.6) is 0 Å². The molecule has 12 heavy (non-hydrogen) atoms. The first-order valence-electron chi connectivity index (χ1n) is 4.15. The fraction of sp³-hybridized carbons (Fsp3) is 0.875. The van der Waals surface area contributed by atoms with Gasteiger partial charge in [0, 0.05) is 13.3 Å². The summed E-state index contributed by atoms with van der Waals surface area (Å²) in [5.41, 5.74) is 0.390. The van der Waals surface area contributed by atoms with Crippen LogP contribution in [0.3, 0.4) is 0 Å². The molecule has 4 heteroatoms. The Labute approximate surface area is 96.3 Å². The van der Waals surface area contributed by atoms with Crippen LogP contribution >= 0.6 is 0 Å². The quantitative estimate of drug-likeness (QED) is 0.187. The van der Waals surface area contributed by atoms with Crippen LogP contribution in [0.2, 0.25) is 0 Å². The standard InChI is InChI=1S/C8H16NO2.Na/c1-3-4-5-6-7-8(2)9(10)11;/h3-7H2,1-2H3;/q-1;+1. The molecule has 0 rings (SSSR count). The maximum absolute atomic E-state index is 10.1. The Bertz CT molecular complexity index is 133. The summed E-state index contributed by atoms with van der Waals surface area (Å²) in [7, 11) is 0. The Balaban J connectivity index is 0. The van der Waals surface area contributed by atoms with Gasteiger partial charge in [0.1, 0.15) is 0 Å². The second kappa shape index (κ2) is 9.36. The molecule has 3 nitrogen and oxygen atoms in total. The first kappa shape index (κ1) is 14.8. The van der Waals surface area contributed by atoms with E-state index in [-0.39, 0.29) is 34.5 Å². The molecule has 0 N–H and O–H groups in total. The van der Waals surface area contributed by atoms with Crippen LogP contribution in [0.25, 0.3) is 0 Å². The van der Waals surface area contributed by atoms with Gasteiger partial charge >= 0.3 is 29.6 Å². The van der Waals surface area contributed by atoms with Crippen LogP contribution < -0.4 is 29.6 Å². The van der Waals surface area contributed by atoms with Crippen LogP contribution in [0.4, 0.5) is 0 Å². The van der Waals surface area contributed by atoms with Gasteiger partial charge in [0.2, 0.25) is 0 Å². The van der Waals surface area contributed by atoms with E-state index in [2.05, 4.69) is 6.92 Å². The Morgan fingerprint density at radius 2 is 1.75 bits per heavy atom. The van der Waals surface area contributed by atoms with Crippen LogP contribution in [-0.4, -0.2) is 10.6 Å². The summed E-state index contributed by atoms with van der Waals surface area (Å²) in [6, 6.07) is 0. The van der Waals surface area contributed by atoms with E-state index in [9.17, 15) is 10.4 Å². The predicted molar refractivity (Wildman–Crippen MR) is 46.4 cm³/mol. The molecular weight excluding hydrogens is 165 g/mol. The average molecular weight is 181 g/mol. The molecule has 0 fully saturated rings. The van der Waals surface area contributed by atoms with Crippen LogP contribution in [0, 0.1) is 10.4 Å². The number of rotatable bonds is 5. The fourth-order valence-corrected chi connectivity index (χ4v) is 0.899. The summed E-state index contributed by atoms with van der Waals surface area (Å²) < 4.78 is 0. The van der Waals surface area contributed by atoms with E-state index in [1.165, 1.54) is 12.8 Å². The first-order valence-corrected chi connectivity index (χ1v) is 4.15. The van der Waals surface area contributed by atoms with E-state index in [4.69, 9.17) is 0 Å². The van der Waals surface area contributed by atoms with Crippen molar-refractivity contribution in [3.8, 4) is 0 Å². The topological polar surface area (TPSA) is 49.1 Å². The summed E-state index contributed by atoms with van der Waals surface area (Å²) >= 11 is 0. The molecule has 0 saturated heterocycles. The van der Waals surface area contributed by atoms with Crippen molar-refractivity contribution in [1.82, 2.24) is 0 Å². The molecule has 0 saturated carbocycles. The molecule has 0 bridgehead atoms. The minimum atomic E-state index is -0.286. The minimum absolute atomic E-state index is 0. The predicted octanol–water partition coefficient (Wildman–Crippen LogP) is -0.570.